The van der Waals surface area contributed by atoms with E-state index >= 15 is 0 Å². The Hall–Kier alpha value is -2.61. The first-order valence-corrected chi connectivity index (χ1v) is 11.4. The fraction of sp³-hybridized carbons (Fsp3) is 0.227. The molecule has 1 aliphatic rings. The number of ether oxygens (including phenoxy) is 1. The van der Waals surface area contributed by atoms with Gasteiger partial charge in [0, 0.05) is 37.4 Å². The van der Waals surface area contributed by atoms with Gasteiger partial charge in [-0.25, -0.2) is 13.4 Å². The number of aromatic nitrogens is 1. The fourth-order valence-corrected chi connectivity index (χ4v) is 5.02. The maximum absolute atomic E-state index is 12.9. The van der Waals surface area contributed by atoms with Crippen LogP contribution in [0.3, 0.4) is 0 Å². The lowest BCUT2D eigenvalue weighted by Crippen LogP contribution is -2.48. The number of hydrogen-bond acceptors (Lipinski definition) is 5. The molecule has 6 nitrogen and oxygen atoms in total. The molecule has 0 spiro atoms. The summed E-state index contributed by atoms with van der Waals surface area (Å²) in [6, 6.07) is 18.1. The Labute approximate surface area is 181 Å². The Morgan fingerprint density at radius 2 is 1.57 bits per heavy atom. The van der Waals surface area contributed by atoms with E-state index in [0.717, 1.165) is 16.9 Å². The van der Waals surface area contributed by atoms with Crippen molar-refractivity contribution in [2.24, 2.45) is 0 Å². The summed E-state index contributed by atoms with van der Waals surface area (Å²) in [4.78, 5) is 6.88. The molecule has 0 N–H and O–H groups in total. The maximum Gasteiger partial charge on any atom is 0.243 e. The molecule has 3 aromatic rings. The van der Waals surface area contributed by atoms with Crippen LogP contribution in [-0.2, 0) is 10.0 Å². The van der Waals surface area contributed by atoms with Crippen LogP contribution in [0.2, 0.25) is 5.02 Å². The van der Waals surface area contributed by atoms with Crippen LogP contribution in [0.5, 0.6) is 5.75 Å². The Balaban J connectivity index is 1.46. The monoisotopic (exact) mass is 443 g/mol. The van der Waals surface area contributed by atoms with E-state index in [2.05, 4.69) is 9.88 Å². The van der Waals surface area contributed by atoms with Crippen molar-refractivity contribution in [1.82, 2.24) is 9.29 Å². The molecule has 1 saturated heterocycles. The zero-order valence-corrected chi connectivity index (χ0v) is 18.1. The molecule has 0 saturated carbocycles. The van der Waals surface area contributed by atoms with Crippen molar-refractivity contribution in [3.05, 3.63) is 71.9 Å². The molecule has 0 unspecified atom stereocenters. The minimum absolute atomic E-state index is 0.277. The summed E-state index contributed by atoms with van der Waals surface area (Å²) in [7, 11) is -1.98. The summed E-state index contributed by atoms with van der Waals surface area (Å²) in [5, 5.41) is 0.697. The van der Waals surface area contributed by atoms with E-state index in [4.69, 9.17) is 16.3 Å². The summed E-state index contributed by atoms with van der Waals surface area (Å²) in [6.07, 6.45) is 1.78. The second-order valence-electron chi connectivity index (χ2n) is 6.98. The van der Waals surface area contributed by atoms with E-state index in [-0.39, 0.29) is 4.90 Å². The first kappa shape index (κ1) is 20.7. The van der Waals surface area contributed by atoms with E-state index in [0.29, 0.717) is 37.0 Å². The molecule has 30 heavy (non-hydrogen) atoms. The van der Waals surface area contributed by atoms with E-state index in [9.17, 15) is 8.42 Å². The van der Waals surface area contributed by atoms with Gasteiger partial charge < -0.3 is 9.64 Å². The van der Waals surface area contributed by atoms with Crippen LogP contribution >= 0.6 is 11.6 Å². The smallest absolute Gasteiger partial charge is 0.243 e. The molecule has 156 valence electrons. The van der Waals surface area contributed by atoms with E-state index in [1.54, 1.807) is 37.6 Å². The zero-order chi connectivity index (χ0) is 21.1. The Morgan fingerprint density at radius 1 is 0.900 bits per heavy atom. The predicted octanol–water partition coefficient (Wildman–Crippen LogP) is 3.92. The van der Waals surface area contributed by atoms with Gasteiger partial charge in [0.05, 0.1) is 12.0 Å². The van der Waals surface area contributed by atoms with E-state index in [1.807, 2.05) is 36.4 Å². The molecule has 8 heteroatoms. The molecule has 0 atom stereocenters. The third-order valence-electron chi connectivity index (χ3n) is 5.18. The number of rotatable bonds is 5. The summed E-state index contributed by atoms with van der Waals surface area (Å²) in [6.45, 7) is 1.96. The largest absolute Gasteiger partial charge is 0.497 e. The molecular formula is C22H22ClN3O3S. The van der Waals surface area contributed by atoms with Gasteiger partial charge in [0.1, 0.15) is 11.6 Å². The molecule has 4 rings (SSSR count). The predicted molar refractivity (Wildman–Crippen MR) is 119 cm³/mol. The Kier molecular flexibility index (Phi) is 5.94. The topological polar surface area (TPSA) is 62.7 Å². The number of benzene rings is 2. The van der Waals surface area contributed by atoms with Crippen molar-refractivity contribution in [2.75, 3.05) is 38.2 Å². The van der Waals surface area contributed by atoms with Gasteiger partial charge in [0.15, 0.2) is 0 Å². The van der Waals surface area contributed by atoms with Crippen molar-refractivity contribution < 1.29 is 13.2 Å². The number of sulfonamides is 1. The van der Waals surface area contributed by atoms with Gasteiger partial charge in [-0.05, 0) is 59.7 Å². The highest BCUT2D eigenvalue weighted by Crippen LogP contribution is 2.26. The lowest BCUT2D eigenvalue weighted by Gasteiger charge is -2.34. The average Bonchev–Trinajstić information content (AvgIpc) is 2.80. The van der Waals surface area contributed by atoms with Crippen LogP contribution in [0, 0.1) is 0 Å². The van der Waals surface area contributed by atoms with Crippen LogP contribution in [-0.4, -0.2) is 51.0 Å². The molecule has 1 aromatic heterocycles. The van der Waals surface area contributed by atoms with Crippen LogP contribution in [0.25, 0.3) is 11.1 Å². The molecule has 0 amide bonds. The molecule has 0 radical (unpaired) electrons. The lowest BCUT2D eigenvalue weighted by molar-refractivity contribution is 0.383. The van der Waals surface area contributed by atoms with Crippen molar-refractivity contribution in [2.45, 2.75) is 4.90 Å². The number of piperazine rings is 1. The lowest BCUT2D eigenvalue weighted by atomic mass is 10.1. The quantitative estimate of drug-likeness (QED) is 0.598. The number of halogens is 1. The molecule has 2 heterocycles. The van der Waals surface area contributed by atoms with Crippen LogP contribution < -0.4 is 9.64 Å². The summed E-state index contributed by atoms with van der Waals surface area (Å²) in [5.41, 5.74) is 2.11. The first-order valence-electron chi connectivity index (χ1n) is 9.58. The number of anilines is 1. The minimum Gasteiger partial charge on any atom is -0.497 e. The van der Waals surface area contributed by atoms with Gasteiger partial charge in [0.25, 0.3) is 0 Å². The molecule has 0 bridgehead atoms. The highest BCUT2D eigenvalue weighted by atomic mass is 35.5. The molecule has 0 aliphatic carbocycles. The summed E-state index contributed by atoms with van der Waals surface area (Å²) < 4.78 is 32.5. The van der Waals surface area contributed by atoms with Gasteiger partial charge in [-0.2, -0.15) is 4.31 Å². The molecule has 1 aliphatic heterocycles. The standard InChI is InChI=1S/C22H22ClN3O3S/c1-29-20-6-8-21(9-7-20)30(27,28)26-14-12-25(13-15-26)22-16-18(10-11-24-22)17-2-4-19(23)5-3-17/h2-11,16H,12-15H2,1H3. The summed E-state index contributed by atoms with van der Waals surface area (Å²) >= 11 is 5.98. The Morgan fingerprint density at radius 3 is 2.20 bits per heavy atom. The molecule has 2 aromatic carbocycles. The van der Waals surface area contributed by atoms with E-state index < -0.39 is 10.0 Å². The van der Waals surface area contributed by atoms with Crippen molar-refractivity contribution >= 4 is 27.4 Å². The average molecular weight is 444 g/mol. The summed E-state index contributed by atoms with van der Waals surface area (Å²) in [5.74, 6) is 1.47. The van der Waals surface area contributed by atoms with Gasteiger partial charge in [0.2, 0.25) is 10.0 Å². The fourth-order valence-electron chi connectivity index (χ4n) is 3.47. The van der Waals surface area contributed by atoms with E-state index in [1.165, 1.54) is 4.31 Å². The second-order valence-corrected chi connectivity index (χ2v) is 9.35. The number of methoxy groups -OCH3 is 1. The minimum atomic E-state index is -3.53. The zero-order valence-electron chi connectivity index (χ0n) is 16.5. The van der Waals surface area contributed by atoms with Crippen LogP contribution in [0.15, 0.2) is 71.8 Å². The molecular weight excluding hydrogens is 422 g/mol. The van der Waals surface area contributed by atoms with Crippen LogP contribution in [0.1, 0.15) is 0 Å². The van der Waals surface area contributed by atoms with Gasteiger partial charge in [-0.3, -0.25) is 0 Å². The number of pyridine rings is 1. The van der Waals surface area contributed by atoms with Gasteiger partial charge in [-0.15, -0.1) is 0 Å². The molecule has 1 fully saturated rings. The SMILES string of the molecule is COc1ccc(S(=O)(=O)N2CCN(c3cc(-c4ccc(Cl)cc4)ccn3)CC2)cc1. The normalized spacial score (nSPS) is 15.2. The van der Waals surface area contributed by atoms with Gasteiger partial charge >= 0.3 is 0 Å². The van der Waals surface area contributed by atoms with Crippen molar-refractivity contribution in [3.8, 4) is 16.9 Å². The van der Waals surface area contributed by atoms with Crippen molar-refractivity contribution in [3.63, 3.8) is 0 Å². The highest BCUT2D eigenvalue weighted by molar-refractivity contribution is 7.89. The number of nitrogens with zero attached hydrogens (tertiary/aromatic N) is 3. The maximum atomic E-state index is 12.9. The van der Waals surface area contributed by atoms with Crippen molar-refractivity contribution in [1.29, 1.82) is 0 Å². The highest BCUT2D eigenvalue weighted by Gasteiger charge is 2.29. The first-order chi connectivity index (χ1) is 14.5. The number of hydrogen-bond donors (Lipinski definition) is 0. The third-order valence-corrected chi connectivity index (χ3v) is 7.35. The second kappa shape index (κ2) is 8.63. The van der Waals surface area contributed by atoms with Gasteiger partial charge in [-0.1, -0.05) is 23.7 Å². The third kappa shape index (κ3) is 4.28. The van der Waals surface area contributed by atoms with Crippen LogP contribution in [0.4, 0.5) is 5.82 Å². The Bertz CT molecular complexity index is 1110.